The van der Waals surface area contributed by atoms with Gasteiger partial charge in [0.1, 0.15) is 0 Å². The van der Waals surface area contributed by atoms with Crippen LogP contribution in [0.4, 0.5) is 0 Å². The first-order valence-corrected chi connectivity index (χ1v) is 3.32. The Morgan fingerprint density at radius 1 is 0.900 bits per heavy atom. The molecule has 2 rings (SSSR count). The van der Waals surface area contributed by atoms with Crippen molar-refractivity contribution in [2.75, 3.05) is 13.1 Å². The Morgan fingerprint density at radius 2 is 1.10 bits per heavy atom. The maximum Gasteiger partial charge on any atom is 0.221 e. The molecule has 2 amide bonds. The second-order valence-corrected chi connectivity index (χ2v) is 2.20. The SMILES string of the molecule is O=C1CCN1.O=C1CCN1. The van der Waals surface area contributed by atoms with E-state index in [1.165, 1.54) is 0 Å². The third-order valence-corrected chi connectivity index (χ3v) is 1.35. The van der Waals surface area contributed by atoms with Gasteiger partial charge in [0.25, 0.3) is 0 Å². The highest BCUT2D eigenvalue weighted by molar-refractivity contribution is 5.81. The fourth-order valence-electron chi connectivity index (χ4n) is 0.454. The van der Waals surface area contributed by atoms with Crippen molar-refractivity contribution in [3.05, 3.63) is 0 Å². The molecule has 0 spiro atoms. The molecule has 2 fully saturated rings. The lowest BCUT2D eigenvalue weighted by atomic mass is 10.3. The summed E-state index contributed by atoms with van der Waals surface area (Å²) in [6.07, 6.45) is 1.47. The first kappa shape index (κ1) is 7.05. The molecule has 2 aliphatic rings. The van der Waals surface area contributed by atoms with Crippen molar-refractivity contribution in [1.82, 2.24) is 10.6 Å². The smallest absolute Gasteiger partial charge is 0.221 e. The van der Waals surface area contributed by atoms with E-state index < -0.39 is 0 Å². The van der Waals surface area contributed by atoms with Crippen LogP contribution in [-0.4, -0.2) is 24.9 Å². The first-order chi connectivity index (χ1) is 4.79. The van der Waals surface area contributed by atoms with E-state index in [2.05, 4.69) is 10.6 Å². The van der Waals surface area contributed by atoms with Crippen LogP contribution in [0.25, 0.3) is 0 Å². The number of hydrogen-bond donors (Lipinski definition) is 2. The molecule has 0 aromatic rings. The van der Waals surface area contributed by atoms with Gasteiger partial charge in [0.2, 0.25) is 11.8 Å². The Kier molecular flexibility index (Phi) is 2.25. The van der Waals surface area contributed by atoms with Crippen LogP contribution in [0.15, 0.2) is 0 Å². The van der Waals surface area contributed by atoms with Gasteiger partial charge in [0.05, 0.1) is 0 Å². The summed E-state index contributed by atoms with van der Waals surface area (Å²) in [4.78, 5) is 19.6. The van der Waals surface area contributed by atoms with Crippen molar-refractivity contribution in [3.8, 4) is 0 Å². The second kappa shape index (κ2) is 3.20. The predicted molar refractivity (Wildman–Crippen MR) is 35.3 cm³/mol. The van der Waals surface area contributed by atoms with Crippen molar-refractivity contribution in [2.45, 2.75) is 12.8 Å². The topological polar surface area (TPSA) is 58.2 Å². The van der Waals surface area contributed by atoms with Crippen LogP contribution in [0, 0.1) is 0 Å². The van der Waals surface area contributed by atoms with Gasteiger partial charge >= 0.3 is 0 Å². The number of β-lactam (4-membered cyclic amide) rings is 2. The van der Waals surface area contributed by atoms with E-state index in [4.69, 9.17) is 0 Å². The summed E-state index contributed by atoms with van der Waals surface area (Å²) in [7, 11) is 0. The van der Waals surface area contributed by atoms with Crippen molar-refractivity contribution in [2.24, 2.45) is 0 Å². The summed E-state index contributed by atoms with van der Waals surface area (Å²) in [5.74, 6) is 0.370. The molecule has 4 heteroatoms. The van der Waals surface area contributed by atoms with Gasteiger partial charge < -0.3 is 10.6 Å². The average Bonchev–Trinajstić information content (AvgIpc) is 1.80. The molecule has 0 aromatic heterocycles. The normalized spacial score (nSPS) is 20.4. The number of carbonyl (C=O) groups excluding carboxylic acids is 2. The third-order valence-electron chi connectivity index (χ3n) is 1.35. The molecule has 0 saturated carbocycles. The van der Waals surface area contributed by atoms with Crippen molar-refractivity contribution >= 4 is 11.8 Å². The highest BCUT2D eigenvalue weighted by atomic mass is 16.2. The number of nitrogens with one attached hydrogen (secondary N) is 2. The number of carbonyl (C=O) groups is 2. The maximum absolute atomic E-state index is 9.79. The summed E-state index contributed by atoms with van der Waals surface area (Å²) >= 11 is 0. The van der Waals surface area contributed by atoms with Gasteiger partial charge in [-0.2, -0.15) is 0 Å². The lowest BCUT2D eigenvalue weighted by Gasteiger charge is -2.10. The largest absolute Gasteiger partial charge is 0.356 e. The fraction of sp³-hybridized carbons (Fsp3) is 0.667. The number of amides is 2. The van der Waals surface area contributed by atoms with Crippen LogP contribution < -0.4 is 10.6 Å². The van der Waals surface area contributed by atoms with Crippen LogP contribution in [0.5, 0.6) is 0 Å². The number of rotatable bonds is 0. The molecule has 0 radical (unpaired) electrons. The van der Waals surface area contributed by atoms with Crippen LogP contribution in [0.3, 0.4) is 0 Å². The van der Waals surface area contributed by atoms with Crippen LogP contribution in [-0.2, 0) is 9.59 Å². The van der Waals surface area contributed by atoms with Crippen LogP contribution in [0.1, 0.15) is 12.8 Å². The summed E-state index contributed by atoms with van der Waals surface area (Å²) in [6.45, 7) is 1.78. The lowest BCUT2D eigenvalue weighted by molar-refractivity contribution is -0.126. The molecule has 0 aliphatic carbocycles. The molecule has 2 aliphatic heterocycles. The Labute approximate surface area is 59.0 Å². The molecular weight excluding hydrogens is 132 g/mol. The quantitative estimate of drug-likeness (QED) is 0.427. The molecule has 0 unspecified atom stereocenters. The van der Waals surface area contributed by atoms with Crippen molar-refractivity contribution < 1.29 is 9.59 Å². The van der Waals surface area contributed by atoms with E-state index in [1.54, 1.807) is 0 Å². The zero-order chi connectivity index (χ0) is 7.40. The molecule has 0 bridgehead atoms. The Balaban J connectivity index is 0.0000001000. The third kappa shape index (κ3) is 2.05. The van der Waals surface area contributed by atoms with Crippen LogP contribution in [0.2, 0.25) is 0 Å². The van der Waals surface area contributed by atoms with E-state index in [9.17, 15) is 9.59 Å². The highest BCUT2D eigenvalue weighted by Crippen LogP contribution is 1.85. The van der Waals surface area contributed by atoms with Gasteiger partial charge in [-0.1, -0.05) is 0 Å². The minimum absolute atomic E-state index is 0.185. The van der Waals surface area contributed by atoms with Gasteiger partial charge in [0, 0.05) is 25.9 Å². The zero-order valence-corrected chi connectivity index (χ0v) is 5.64. The lowest BCUT2D eigenvalue weighted by Crippen LogP contribution is -2.37. The van der Waals surface area contributed by atoms with Gasteiger partial charge in [-0.3, -0.25) is 9.59 Å². The Bertz CT molecular complexity index is 126. The molecule has 4 nitrogen and oxygen atoms in total. The van der Waals surface area contributed by atoms with Gasteiger partial charge in [-0.05, 0) is 0 Å². The van der Waals surface area contributed by atoms with Crippen molar-refractivity contribution in [3.63, 3.8) is 0 Å². The predicted octanol–water partition coefficient (Wildman–Crippen LogP) is -0.987. The van der Waals surface area contributed by atoms with Gasteiger partial charge in [0.15, 0.2) is 0 Å². The molecular formula is C6H10N2O2. The summed E-state index contributed by atoms with van der Waals surface area (Å²) < 4.78 is 0. The molecule has 10 heavy (non-hydrogen) atoms. The Hall–Kier alpha value is -1.06. The minimum atomic E-state index is 0.185. The van der Waals surface area contributed by atoms with E-state index in [0.717, 1.165) is 25.9 Å². The van der Waals surface area contributed by atoms with E-state index in [0.29, 0.717) is 0 Å². The van der Waals surface area contributed by atoms with E-state index in [-0.39, 0.29) is 11.8 Å². The molecule has 0 atom stereocenters. The monoisotopic (exact) mass is 142 g/mol. The summed E-state index contributed by atoms with van der Waals surface area (Å²) in [5.41, 5.74) is 0. The van der Waals surface area contributed by atoms with E-state index >= 15 is 0 Å². The molecule has 2 N–H and O–H groups in total. The maximum atomic E-state index is 9.79. The summed E-state index contributed by atoms with van der Waals surface area (Å²) in [5, 5.41) is 5.14. The van der Waals surface area contributed by atoms with Crippen LogP contribution >= 0.6 is 0 Å². The van der Waals surface area contributed by atoms with E-state index in [1.807, 2.05) is 0 Å². The molecule has 2 saturated heterocycles. The average molecular weight is 142 g/mol. The molecule has 2 heterocycles. The second-order valence-electron chi connectivity index (χ2n) is 2.20. The highest BCUT2D eigenvalue weighted by Gasteiger charge is 2.07. The van der Waals surface area contributed by atoms with Crippen molar-refractivity contribution in [1.29, 1.82) is 0 Å². The van der Waals surface area contributed by atoms with Gasteiger partial charge in [-0.25, -0.2) is 0 Å². The van der Waals surface area contributed by atoms with Gasteiger partial charge in [-0.15, -0.1) is 0 Å². The first-order valence-electron chi connectivity index (χ1n) is 3.32. The fourth-order valence-corrected chi connectivity index (χ4v) is 0.454. The summed E-state index contributed by atoms with van der Waals surface area (Å²) in [6, 6.07) is 0. The standard InChI is InChI=1S/2C3H5NO/c2*5-3-1-2-4-3/h2*1-2H2,(H,4,5). The zero-order valence-electron chi connectivity index (χ0n) is 5.64. The molecule has 56 valence electrons. The molecule has 0 aromatic carbocycles. The minimum Gasteiger partial charge on any atom is -0.356 e. The Morgan fingerprint density at radius 3 is 1.10 bits per heavy atom. The number of hydrogen-bond acceptors (Lipinski definition) is 2.